The summed E-state index contributed by atoms with van der Waals surface area (Å²) >= 11 is 0. The summed E-state index contributed by atoms with van der Waals surface area (Å²) in [7, 11) is 3.35. The van der Waals surface area contributed by atoms with E-state index >= 15 is 0 Å². The SMILES string of the molecule is CCOc1ccccc1C(=CC(=[C]c1ccccc1OC)c1ccccc1OC)c1ccccc1OCC. The van der Waals surface area contributed by atoms with E-state index in [1.54, 1.807) is 14.2 Å². The van der Waals surface area contributed by atoms with Crippen LogP contribution in [0.5, 0.6) is 23.0 Å². The first kappa shape index (κ1) is 26.6. The predicted octanol–water partition coefficient (Wildman–Crippen LogP) is 7.87. The van der Waals surface area contributed by atoms with Crippen molar-refractivity contribution in [1.29, 1.82) is 0 Å². The minimum absolute atomic E-state index is 0.555. The predicted molar refractivity (Wildman–Crippen MR) is 154 cm³/mol. The van der Waals surface area contributed by atoms with Crippen molar-refractivity contribution < 1.29 is 18.9 Å². The fraction of sp³-hybridized carbons (Fsp3) is 0.176. The molecule has 0 spiro atoms. The normalized spacial score (nSPS) is 11.0. The van der Waals surface area contributed by atoms with Gasteiger partial charge in [-0.25, -0.2) is 0 Å². The average molecular weight is 506 g/mol. The topological polar surface area (TPSA) is 36.9 Å². The van der Waals surface area contributed by atoms with E-state index in [1.807, 2.05) is 98.8 Å². The third-order valence-corrected chi connectivity index (χ3v) is 6.02. The van der Waals surface area contributed by atoms with Gasteiger partial charge >= 0.3 is 0 Å². The van der Waals surface area contributed by atoms with Gasteiger partial charge in [0.05, 0.1) is 27.4 Å². The summed E-state index contributed by atoms with van der Waals surface area (Å²) in [5, 5.41) is 0. The lowest BCUT2D eigenvalue weighted by atomic mass is 9.91. The zero-order valence-electron chi connectivity index (χ0n) is 22.4. The van der Waals surface area contributed by atoms with Crippen molar-refractivity contribution in [3.05, 3.63) is 131 Å². The Bertz CT molecular complexity index is 1370. The lowest BCUT2D eigenvalue weighted by Crippen LogP contribution is -2.01. The van der Waals surface area contributed by atoms with Gasteiger partial charge in [0.15, 0.2) is 0 Å². The molecule has 4 heteroatoms. The molecule has 0 aliphatic heterocycles. The van der Waals surface area contributed by atoms with Gasteiger partial charge in [-0.3, -0.25) is 0 Å². The summed E-state index contributed by atoms with van der Waals surface area (Å²) in [5.41, 5.74) is 5.43. The maximum atomic E-state index is 6.07. The van der Waals surface area contributed by atoms with Crippen LogP contribution < -0.4 is 18.9 Å². The lowest BCUT2D eigenvalue weighted by molar-refractivity contribution is 0.337. The van der Waals surface area contributed by atoms with Gasteiger partial charge in [0.1, 0.15) is 23.0 Å². The van der Waals surface area contributed by atoms with Crippen molar-refractivity contribution in [2.75, 3.05) is 27.4 Å². The number of allylic oxidation sites excluding steroid dienone is 2. The van der Waals surface area contributed by atoms with Crippen molar-refractivity contribution in [3.8, 4) is 23.0 Å². The Hall–Kier alpha value is -4.44. The van der Waals surface area contributed by atoms with Gasteiger partial charge in [-0.2, -0.15) is 0 Å². The highest BCUT2D eigenvalue weighted by atomic mass is 16.5. The molecule has 0 aliphatic rings. The van der Waals surface area contributed by atoms with Gasteiger partial charge in [-0.1, -0.05) is 72.8 Å². The zero-order valence-corrected chi connectivity index (χ0v) is 22.4. The summed E-state index contributed by atoms with van der Waals surface area (Å²) in [6, 6.07) is 31.9. The van der Waals surface area contributed by atoms with Gasteiger partial charge in [-0.15, -0.1) is 0 Å². The van der Waals surface area contributed by atoms with Crippen LogP contribution in [-0.2, 0) is 0 Å². The minimum Gasteiger partial charge on any atom is -0.496 e. The Morgan fingerprint density at radius 3 is 1.55 bits per heavy atom. The summed E-state index contributed by atoms with van der Waals surface area (Å²) < 4.78 is 23.6. The van der Waals surface area contributed by atoms with E-state index in [4.69, 9.17) is 18.9 Å². The number of ether oxygens (including phenoxy) is 4. The first-order valence-electron chi connectivity index (χ1n) is 12.8. The molecule has 4 aromatic rings. The Balaban J connectivity index is 2.06. The van der Waals surface area contributed by atoms with E-state index in [2.05, 4.69) is 24.3 Å². The average Bonchev–Trinajstić information content (AvgIpc) is 2.97. The van der Waals surface area contributed by atoms with Crippen LogP contribution in [0.25, 0.3) is 11.1 Å². The third-order valence-electron chi connectivity index (χ3n) is 6.02. The van der Waals surface area contributed by atoms with Crippen LogP contribution in [0.4, 0.5) is 0 Å². The molecule has 38 heavy (non-hydrogen) atoms. The fourth-order valence-electron chi connectivity index (χ4n) is 4.33. The van der Waals surface area contributed by atoms with Gasteiger partial charge in [0, 0.05) is 28.3 Å². The Kier molecular flexibility index (Phi) is 9.25. The highest BCUT2D eigenvalue weighted by Gasteiger charge is 2.18. The van der Waals surface area contributed by atoms with Gasteiger partial charge < -0.3 is 18.9 Å². The number of hydrogen-bond acceptors (Lipinski definition) is 4. The number of hydrogen-bond donors (Lipinski definition) is 0. The Labute approximate surface area is 225 Å². The van der Waals surface area contributed by atoms with E-state index in [1.165, 1.54) is 0 Å². The summed E-state index contributed by atoms with van der Waals surface area (Å²) in [5.74, 6) is 3.07. The molecule has 0 saturated carbocycles. The molecule has 0 atom stereocenters. The third kappa shape index (κ3) is 6.09. The molecule has 0 N–H and O–H groups in total. The number of rotatable bonds is 11. The van der Waals surface area contributed by atoms with Crippen molar-refractivity contribution >= 4 is 11.1 Å². The van der Waals surface area contributed by atoms with Crippen molar-refractivity contribution in [2.24, 2.45) is 0 Å². The molecule has 0 aromatic heterocycles. The standard InChI is InChI=1S/C34H33O4/c1-5-37-33-21-13-9-17-28(33)30(29-18-10-14-22-34(29)38-6-2)24-26(27-16-8-12-20-32(27)36-4)23-25-15-7-11-19-31(25)35-3/h7-22,24H,5-6H2,1-4H3. The van der Waals surface area contributed by atoms with Crippen LogP contribution in [0.2, 0.25) is 0 Å². The second-order valence-electron chi connectivity index (χ2n) is 8.36. The molecule has 0 unspecified atom stereocenters. The molecule has 0 aliphatic carbocycles. The Morgan fingerprint density at radius 1 is 0.579 bits per heavy atom. The largest absolute Gasteiger partial charge is 0.496 e. The number of methoxy groups -OCH3 is 2. The maximum absolute atomic E-state index is 6.07. The van der Waals surface area contributed by atoms with Crippen LogP contribution in [0.15, 0.2) is 103 Å². The van der Waals surface area contributed by atoms with Crippen molar-refractivity contribution in [2.45, 2.75) is 13.8 Å². The summed E-state index contributed by atoms with van der Waals surface area (Å²) in [6.07, 6.45) is 5.74. The van der Waals surface area contributed by atoms with E-state index in [-0.39, 0.29) is 0 Å². The summed E-state index contributed by atoms with van der Waals surface area (Å²) in [4.78, 5) is 0. The Morgan fingerprint density at radius 2 is 1.03 bits per heavy atom. The van der Waals surface area contributed by atoms with Crippen molar-refractivity contribution in [3.63, 3.8) is 0 Å². The van der Waals surface area contributed by atoms with E-state index in [9.17, 15) is 0 Å². The number of benzene rings is 4. The van der Waals surface area contributed by atoms with Crippen LogP contribution >= 0.6 is 0 Å². The van der Waals surface area contributed by atoms with Gasteiger partial charge in [0.25, 0.3) is 0 Å². The molecule has 0 saturated heterocycles. The zero-order chi connectivity index (χ0) is 26.7. The fourth-order valence-corrected chi connectivity index (χ4v) is 4.33. The van der Waals surface area contributed by atoms with E-state index in [0.29, 0.717) is 13.2 Å². The van der Waals surface area contributed by atoms with Crippen LogP contribution in [0, 0.1) is 6.08 Å². The van der Waals surface area contributed by atoms with Crippen LogP contribution in [-0.4, -0.2) is 27.4 Å². The second kappa shape index (κ2) is 13.2. The van der Waals surface area contributed by atoms with Crippen LogP contribution in [0.1, 0.15) is 36.1 Å². The molecule has 0 heterocycles. The molecule has 4 rings (SSSR count). The monoisotopic (exact) mass is 505 g/mol. The second-order valence-corrected chi connectivity index (χ2v) is 8.36. The molecule has 1 radical (unpaired) electrons. The molecule has 193 valence electrons. The van der Waals surface area contributed by atoms with E-state index < -0.39 is 0 Å². The van der Waals surface area contributed by atoms with Gasteiger partial charge in [0.2, 0.25) is 0 Å². The molecule has 4 nitrogen and oxygen atoms in total. The minimum atomic E-state index is 0.555. The highest BCUT2D eigenvalue weighted by molar-refractivity contribution is 5.94. The highest BCUT2D eigenvalue weighted by Crippen LogP contribution is 2.39. The number of para-hydroxylation sites is 4. The van der Waals surface area contributed by atoms with Gasteiger partial charge in [-0.05, 0) is 55.3 Å². The van der Waals surface area contributed by atoms with Crippen molar-refractivity contribution in [1.82, 2.24) is 0 Å². The summed E-state index contributed by atoms with van der Waals surface area (Å²) in [6.45, 7) is 5.09. The van der Waals surface area contributed by atoms with E-state index in [0.717, 1.165) is 56.4 Å². The molecule has 4 aromatic carbocycles. The lowest BCUT2D eigenvalue weighted by Gasteiger charge is -2.18. The maximum Gasteiger partial charge on any atom is 0.127 e. The molecule has 0 fully saturated rings. The molecular weight excluding hydrogens is 472 g/mol. The molecular formula is C34H33O4. The molecule has 0 bridgehead atoms. The smallest absolute Gasteiger partial charge is 0.127 e. The van der Waals surface area contributed by atoms with Crippen LogP contribution in [0.3, 0.4) is 0 Å². The first-order valence-corrected chi connectivity index (χ1v) is 12.8. The first-order chi connectivity index (χ1) is 18.7. The molecule has 0 amide bonds. The quantitative estimate of drug-likeness (QED) is 0.154.